The Kier molecular flexibility index (Phi) is 8.06. The number of aliphatic hydroxyl groups excluding tert-OH is 1. The Hall–Kier alpha value is -2.25. The molecule has 3 aliphatic rings. The van der Waals surface area contributed by atoms with Crippen molar-refractivity contribution in [2.24, 2.45) is 5.92 Å². The number of amides is 1. The summed E-state index contributed by atoms with van der Waals surface area (Å²) >= 11 is 0. The summed E-state index contributed by atoms with van der Waals surface area (Å²) in [4.78, 5) is 19.3. The van der Waals surface area contributed by atoms with Crippen molar-refractivity contribution in [2.45, 2.75) is 43.7 Å². The minimum atomic E-state index is 0.0170. The van der Waals surface area contributed by atoms with Crippen LogP contribution < -0.4 is 0 Å². The lowest BCUT2D eigenvalue weighted by molar-refractivity contribution is -0.0677. The lowest BCUT2D eigenvalue weighted by Gasteiger charge is -2.57. The molecule has 0 aromatic heterocycles. The number of ether oxygens (including phenoxy) is 1. The van der Waals surface area contributed by atoms with Gasteiger partial charge in [-0.05, 0) is 73.5 Å². The monoisotopic (exact) mass is 491 g/mol. The van der Waals surface area contributed by atoms with Gasteiger partial charge in [-0.1, -0.05) is 36.4 Å². The SMILES string of the molecule is CN(C)C(=O)c1cccc(-c2ccc([C@H]3[C@H](CO)N4CCCCN(CC5CCOCC5)C[C@@H]34)cc2)c1. The molecular formula is C30H41N3O3. The second-order valence-corrected chi connectivity index (χ2v) is 11.0. The quantitative estimate of drug-likeness (QED) is 0.668. The topological polar surface area (TPSA) is 56.3 Å². The first-order valence-electron chi connectivity index (χ1n) is 13.6. The van der Waals surface area contributed by atoms with Crippen LogP contribution >= 0.6 is 0 Å². The molecule has 3 heterocycles. The molecule has 6 nitrogen and oxygen atoms in total. The molecule has 3 fully saturated rings. The Morgan fingerprint density at radius 2 is 1.78 bits per heavy atom. The summed E-state index contributed by atoms with van der Waals surface area (Å²) in [6.07, 6.45) is 4.79. The standard InChI is InChI=1S/C30H41N3O3/c1-31(2)30(35)26-7-5-6-25(18-26)23-8-10-24(11-9-23)29-27-20-32(19-22-12-16-36-17-13-22)14-3-4-15-33(27)28(29)21-34/h5-11,18,22,27-29,34H,3-4,12-17,19-21H2,1-2H3/t27-,28-,29+/m0/s1. The van der Waals surface area contributed by atoms with Crippen LogP contribution in [0.15, 0.2) is 48.5 Å². The normalized spacial score (nSPS) is 25.9. The van der Waals surface area contributed by atoms with Gasteiger partial charge in [0, 0.05) is 64.0 Å². The molecule has 0 bridgehead atoms. The van der Waals surface area contributed by atoms with Crippen LogP contribution in [0.3, 0.4) is 0 Å². The minimum Gasteiger partial charge on any atom is -0.395 e. The second kappa shape index (κ2) is 11.4. The molecule has 0 radical (unpaired) electrons. The average molecular weight is 492 g/mol. The first-order chi connectivity index (χ1) is 17.5. The summed E-state index contributed by atoms with van der Waals surface area (Å²) < 4.78 is 5.58. The van der Waals surface area contributed by atoms with Crippen LogP contribution in [-0.4, -0.2) is 97.9 Å². The zero-order valence-corrected chi connectivity index (χ0v) is 21.8. The van der Waals surface area contributed by atoms with E-state index >= 15 is 0 Å². The molecule has 6 heteroatoms. The number of benzene rings is 2. The Balaban J connectivity index is 1.32. The van der Waals surface area contributed by atoms with E-state index < -0.39 is 0 Å². The first kappa shape index (κ1) is 25.4. The number of hydrogen-bond acceptors (Lipinski definition) is 5. The van der Waals surface area contributed by atoms with E-state index in [-0.39, 0.29) is 18.6 Å². The van der Waals surface area contributed by atoms with E-state index in [4.69, 9.17) is 4.74 Å². The van der Waals surface area contributed by atoms with Crippen molar-refractivity contribution in [1.82, 2.24) is 14.7 Å². The van der Waals surface area contributed by atoms with Gasteiger partial charge in [-0.2, -0.15) is 0 Å². The van der Waals surface area contributed by atoms with Gasteiger partial charge in [-0.15, -0.1) is 0 Å². The molecule has 2 aromatic carbocycles. The van der Waals surface area contributed by atoms with Crippen molar-refractivity contribution in [3.05, 3.63) is 59.7 Å². The fourth-order valence-corrected chi connectivity index (χ4v) is 6.46. The summed E-state index contributed by atoms with van der Waals surface area (Å²) in [7, 11) is 3.56. The van der Waals surface area contributed by atoms with E-state index in [0.717, 1.165) is 43.3 Å². The van der Waals surface area contributed by atoms with Gasteiger partial charge in [0.2, 0.25) is 0 Å². The molecular weight excluding hydrogens is 450 g/mol. The van der Waals surface area contributed by atoms with Crippen molar-refractivity contribution in [3.8, 4) is 11.1 Å². The van der Waals surface area contributed by atoms with Gasteiger partial charge in [-0.25, -0.2) is 0 Å². The fraction of sp³-hybridized carbons (Fsp3) is 0.567. The third-order valence-electron chi connectivity index (χ3n) is 8.46. The van der Waals surface area contributed by atoms with E-state index in [1.165, 1.54) is 44.3 Å². The van der Waals surface area contributed by atoms with Gasteiger partial charge in [0.15, 0.2) is 0 Å². The predicted molar refractivity (Wildman–Crippen MR) is 143 cm³/mol. The second-order valence-electron chi connectivity index (χ2n) is 11.0. The maximum absolute atomic E-state index is 12.4. The molecule has 194 valence electrons. The van der Waals surface area contributed by atoms with Gasteiger partial charge in [0.05, 0.1) is 6.61 Å². The number of hydrogen-bond donors (Lipinski definition) is 1. The highest BCUT2D eigenvalue weighted by Gasteiger charge is 2.49. The van der Waals surface area contributed by atoms with Crippen LogP contribution in [0.1, 0.15) is 47.5 Å². The van der Waals surface area contributed by atoms with Crippen molar-refractivity contribution in [1.29, 1.82) is 0 Å². The summed E-state index contributed by atoms with van der Waals surface area (Å²) in [6.45, 7) is 6.53. The molecule has 0 unspecified atom stereocenters. The number of aliphatic hydroxyl groups is 1. The van der Waals surface area contributed by atoms with Crippen molar-refractivity contribution in [3.63, 3.8) is 0 Å². The largest absolute Gasteiger partial charge is 0.395 e. The highest BCUT2D eigenvalue weighted by Crippen LogP contribution is 2.42. The molecule has 5 rings (SSSR count). The lowest BCUT2D eigenvalue weighted by atomic mass is 9.74. The Morgan fingerprint density at radius 1 is 1.03 bits per heavy atom. The number of fused-ring (bicyclic) bond motifs is 1. The zero-order chi connectivity index (χ0) is 25.1. The van der Waals surface area contributed by atoms with Crippen LogP contribution in [0.4, 0.5) is 0 Å². The van der Waals surface area contributed by atoms with Gasteiger partial charge in [-0.3, -0.25) is 9.69 Å². The van der Waals surface area contributed by atoms with Gasteiger partial charge < -0.3 is 19.6 Å². The van der Waals surface area contributed by atoms with Crippen LogP contribution in [-0.2, 0) is 4.74 Å². The maximum Gasteiger partial charge on any atom is 0.253 e. The number of nitrogens with zero attached hydrogens (tertiary/aromatic N) is 3. The number of rotatable bonds is 6. The van der Waals surface area contributed by atoms with Gasteiger partial charge in [0.1, 0.15) is 0 Å². The highest BCUT2D eigenvalue weighted by molar-refractivity contribution is 5.95. The molecule has 2 aromatic rings. The fourth-order valence-electron chi connectivity index (χ4n) is 6.46. The average Bonchev–Trinajstić information content (AvgIpc) is 2.89. The Morgan fingerprint density at radius 3 is 2.50 bits per heavy atom. The highest BCUT2D eigenvalue weighted by atomic mass is 16.5. The molecule has 0 saturated carbocycles. The third kappa shape index (κ3) is 5.37. The van der Waals surface area contributed by atoms with Crippen LogP contribution in [0.2, 0.25) is 0 Å². The van der Waals surface area contributed by atoms with E-state index in [0.29, 0.717) is 17.5 Å². The number of carbonyl (C=O) groups excluding carboxylic acids is 1. The molecule has 3 aliphatic heterocycles. The predicted octanol–water partition coefficient (Wildman–Crippen LogP) is 3.71. The van der Waals surface area contributed by atoms with Gasteiger partial charge in [0.25, 0.3) is 5.91 Å². The lowest BCUT2D eigenvalue weighted by Crippen LogP contribution is -2.67. The Bertz CT molecular complexity index is 1020. The van der Waals surface area contributed by atoms with E-state index in [2.05, 4.69) is 40.1 Å². The summed E-state index contributed by atoms with van der Waals surface area (Å²) in [6, 6.07) is 17.3. The zero-order valence-electron chi connectivity index (χ0n) is 21.8. The van der Waals surface area contributed by atoms with E-state index in [9.17, 15) is 9.90 Å². The minimum absolute atomic E-state index is 0.0170. The third-order valence-corrected chi connectivity index (χ3v) is 8.46. The summed E-state index contributed by atoms with van der Waals surface area (Å²) in [5.41, 5.74) is 4.18. The Labute approximate surface area is 215 Å². The molecule has 0 aliphatic carbocycles. The van der Waals surface area contributed by atoms with Crippen molar-refractivity contribution in [2.75, 3.05) is 60.1 Å². The van der Waals surface area contributed by atoms with Crippen molar-refractivity contribution >= 4 is 5.91 Å². The summed E-state index contributed by atoms with van der Waals surface area (Å²) in [5, 5.41) is 10.3. The smallest absolute Gasteiger partial charge is 0.253 e. The van der Waals surface area contributed by atoms with Gasteiger partial charge >= 0.3 is 0 Å². The van der Waals surface area contributed by atoms with Crippen LogP contribution in [0, 0.1) is 5.92 Å². The van der Waals surface area contributed by atoms with Crippen LogP contribution in [0.5, 0.6) is 0 Å². The molecule has 3 atom stereocenters. The first-order valence-corrected chi connectivity index (χ1v) is 13.6. The molecule has 1 amide bonds. The van der Waals surface area contributed by atoms with E-state index in [1.54, 1.807) is 19.0 Å². The molecule has 3 saturated heterocycles. The molecule has 36 heavy (non-hydrogen) atoms. The maximum atomic E-state index is 12.4. The van der Waals surface area contributed by atoms with Crippen molar-refractivity contribution < 1.29 is 14.6 Å². The van der Waals surface area contributed by atoms with Crippen LogP contribution in [0.25, 0.3) is 11.1 Å². The number of carbonyl (C=O) groups is 1. The molecule has 1 N–H and O–H groups in total. The van der Waals surface area contributed by atoms with E-state index in [1.807, 2.05) is 18.2 Å². The molecule has 0 spiro atoms. The summed E-state index contributed by atoms with van der Waals surface area (Å²) in [5.74, 6) is 1.11.